The topological polar surface area (TPSA) is 6.48 Å². The first-order valence-electron chi connectivity index (χ1n) is 5.32. The molecule has 0 aliphatic carbocycles. The molecule has 0 saturated carbocycles. The van der Waals surface area contributed by atoms with Gasteiger partial charge >= 0.3 is 0 Å². The molecule has 0 spiro atoms. The maximum Gasteiger partial charge on any atom is 0.00584 e. The summed E-state index contributed by atoms with van der Waals surface area (Å²) in [4.78, 5) is 2.38. The van der Waals surface area contributed by atoms with Crippen molar-refractivity contribution in [2.75, 3.05) is 32.7 Å². The lowest BCUT2D eigenvalue weighted by atomic mass is 10.5. The molecule has 0 aromatic rings. The fraction of sp³-hybridized carbons (Fsp3) is 1.00. The minimum atomic E-state index is 1.03. The van der Waals surface area contributed by atoms with Crippen LogP contribution >= 0.6 is 12.8 Å². The molecule has 3 heteroatoms. The Morgan fingerprint density at radius 2 is 1.00 bits per heavy atom. The Morgan fingerprint density at radius 1 is 0.692 bits per heavy atom. The number of thiol groups is 1. The van der Waals surface area contributed by atoms with Gasteiger partial charge in [0.15, 0.2) is 0 Å². The van der Waals surface area contributed by atoms with E-state index in [9.17, 15) is 0 Å². The van der Waals surface area contributed by atoms with Crippen molar-refractivity contribution >= 4 is 12.8 Å². The molecule has 0 heterocycles. The summed E-state index contributed by atoms with van der Waals surface area (Å²) in [5.74, 6) is 0. The molecular formula is C10H26N2S. The van der Waals surface area contributed by atoms with Gasteiger partial charge in [0.25, 0.3) is 0 Å². The van der Waals surface area contributed by atoms with Gasteiger partial charge in [-0.2, -0.15) is 0 Å². The van der Waals surface area contributed by atoms with E-state index in [-0.39, 0.29) is 0 Å². The molecule has 0 bridgehead atoms. The van der Waals surface area contributed by atoms with Gasteiger partial charge in [-0.25, -0.2) is 0 Å². The van der Waals surface area contributed by atoms with Crippen LogP contribution in [0.3, 0.4) is 0 Å². The Labute approximate surface area is 89.8 Å². The van der Waals surface area contributed by atoms with Gasteiger partial charge in [-0.05, 0) is 19.6 Å². The van der Waals surface area contributed by atoms with Crippen molar-refractivity contribution in [3.05, 3.63) is 0 Å². The molecule has 0 unspecified atom stereocenters. The van der Waals surface area contributed by atoms with Crippen LogP contribution in [0.2, 0.25) is 0 Å². The lowest BCUT2D eigenvalue weighted by Crippen LogP contribution is -2.21. The summed E-state index contributed by atoms with van der Waals surface area (Å²) in [5, 5.41) is 0. The van der Waals surface area contributed by atoms with E-state index in [2.05, 4.69) is 52.3 Å². The maximum atomic E-state index is 4.06. The van der Waals surface area contributed by atoms with Crippen LogP contribution in [0.4, 0.5) is 0 Å². The lowest BCUT2D eigenvalue weighted by Gasteiger charge is -2.13. The van der Waals surface area contributed by atoms with Crippen LogP contribution in [0.1, 0.15) is 34.6 Å². The fourth-order valence-corrected chi connectivity index (χ4v) is 0.894. The Kier molecular flexibility index (Phi) is 14.8. The molecule has 13 heavy (non-hydrogen) atoms. The zero-order chi connectivity index (χ0) is 10.7. The lowest BCUT2D eigenvalue weighted by molar-refractivity contribution is 0.321. The van der Waals surface area contributed by atoms with Gasteiger partial charge in [-0.15, -0.1) is 0 Å². The Balaban J connectivity index is 0. The summed E-state index contributed by atoms with van der Waals surface area (Å²) in [7, 11) is 0. The van der Waals surface area contributed by atoms with Crippen LogP contribution in [0.25, 0.3) is 0 Å². The van der Waals surface area contributed by atoms with E-state index in [1.165, 1.54) is 19.6 Å². The molecule has 0 radical (unpaired) electrons. The van der Waals surface area contributed by atoms with Gasteiger partial charge in [0.1, 0.15) is 0 Å². The minimum Gasteiger partial charge on any atom is -0.304 e. The third kappa shape index (κ3) is 12.3. The summed E-state index contributed by atoms with van der Waals surface area (Å²) in [5.41, 5.74) is 0. The van der Waals surface area contributed by atoms with Crippen LogP contribution in [0, 0.1) is 0 Å². The minimum absolute atomic E-state index is 1.03. The Hall–Kier alpha value is 0.270. The molecular weight excluding hydrogens is 180 g/mol. The number of nitrogens with zero attached hydrogens (tertiary/aromatic N) is 2. The average molecular weight is 206 g/mol. The van der Waals surface area contributed by atoms with Crippen LogP contribution in [0.15, 0.2) is 0 Å². The van der Waals surface area contributed by atoms with E-state index in [0.29, 0.717) is 0 Å². The van der Waals surface area contributed by atoms with Crippen LogP contribution in [0.5, 0.6) is 0 Å². The molecule has 2 nitrogen and oxygen atoms in total. The summed E-state index contributed by atoms with van der Waals surface area (Å²) < 4.78 is 1.94. The molecule has 82 valence electrons. The molecule has 0 aliphatic rings. The SMILES string of the molecule is CCN(CC)CC.CCN(S)CC. The van der Waals surface area contributed by atoms with Crippen molar-refractivity contribution in [3.8, 4) is 0 Å². The first-order valence-corrected chi connectivity index (χ1v) is 5.72. The van der Waals surface area contributed by atoms with Crippen molar-refractivity contribution in [2.45, 2.75) is 34.6 Å². The van der Waals surface area contributed by atoms with Crippen molar-refractivity contribution in [2.24, 2.45) is 0 Å². The van der Waals surface area contributed by atoms with E-state index >= 15 is 0 Å². The predicted octanol–water partition coefficient (Wildman–Crippen LogP) is 2.52. The van der Waals surface area contributed by atoms with Gasteiger partial charge in [0.2, 0.25) is 0 Å². The van der Waals surface area contributed by atoms with E-state index in [1.807, 2.05) is 4.31 Å². The third-order valence-electron chi connectivity index (χ3n) is 2.07. The predicted molar refractivity (Wildman–Crippen MR) is 65.4 cm³/mol. The quantitative estimate of drug-likeness (QED) is 0.691. The zero-order valence-corrected chi connectivity index (χ0v) is 10.8. The standard InChI is InChI=1S/C6H15N.C4H11NS/c1-4-7(5-2)6-3;1-3-5(6)4-2/h4-6H2,1-3H3;6H,3-4H2,1-2H3. The molecule has 0 aliphatic heterocycles. The molecule has 0 rings (SSSR count). The van der Waals surface area contributed by atoms with E-state index in [1.54, 1.807) is 0 Å². The Bertz CT molecular complexity index is 75.5. The second kappa shape index (κ2) is 12.3. The van der Waals surface area contributed by atoms with Crippen LogP contribution < -0.4 is 0 Å². The fourth-order valence-electron chi connectivity index (χ4n) is 0.894. The summed E-state index contributed by atoms with van der Waals surface area (Å²) in [6.45, 7) is 16.3. The molecule has 0 fully saturated rings. The molecule has 0 amide bonds. The molecule has 0 aromatic carbocycles. The van der Waals surface area contributed by atoms with Crippen molar-refractivity contribution in [3.63, 3.8) is 0 Å². The smallest absolute Gasteiger partial charge is 0.00584 e. The molecule has 0 aromatic heterocycles. The average Bonchev–Trinajstić information content (AvgIpc) is 2.20. The second-order valence-corrected chi connectivity index (χ2v) is 3.32. The normalized spacial score (nSPS) is 10.2. The van der Waals surface area contributed by atoms with E-state index in [4.69, 9.17) is 0 Å². The van der Waals surface area contributed by atoms with Crippen LogP contribution in [-0.2, 0) is 0 Å². The summed E-state index contributed by atoms with van der Waals surface area (Å²) >= 11 is 4.06. The van der Waals surface area contributed by atoms with Gasteiger partial charge in [0, 0.05) is 13.1 Å². The monoisotopic (exact) mass is 206 g/mol. The van der Waals surface area contributed by atoms with Gasteiger partial charge in [0.05, 0.1) is 0 Å². The Morgan fingerprint density at radius 3 is 1.00 bits per heavy atom. The highest BCUT2D eigenvalue weighted by Gasteiger charge is 1.89. The second-order valence-electron chi connectivity index (χ2n) is 2.76. The largest absolute Gasteiger partial charge is 0.304 e. The first kappa shape index (κ1) is 15.7. The zero-order valence-electron chi connectivity index (χ0n) is 9.88. The van der Waals surface area contributed by atoms with Crippen LogP contribution in [-0.4, -0.2) is 41.9 Å². The first-order chi connectivity index (χ1) is 6.15. The molecule has 0 atom stereocenters. The van der Waals surface area contributed by atoms with E-state index < -0.39 is 0 Å². The number of rotatable bonds is 5. The highest BCUT2D eigenvalue weighted by atomic mass is 32.1. The van der Waals surface area contributed by atoms with Gasteiger partial charge in [-0.3, -0.25) is 4.31 Å². The highest BCUT2D eigenvalue weighted by molar-refractivity contribution is 7.77. The molecule has 0 saturated heterocycles. The third-order valence-corrected chi connectivity index (χ3v) is 2.64. The van der Waals surface area contributed by atoms with Crippen molar-refractivity contribution in [1.82, 2.24) is 9.21 Å². The number of hydrogen-bond acceptors (Lipinski definition) is 3. The molecule has 0 N–H and O–H groups in total. The van der Waals surface area contributed by atoms with Gasteiger partial charge in [-0.1, -0.05) is 47.4 Å². The summed E-state index contributed by atoms with van der Waals surface area (Å²) in [6, 6.07) is 0. The highest BCUT2D eigenvalue weighted by Crippen LogP contribution is 1.86. The van der Waals surface area contributed by atoms with Gasteiger partial charge < -0.3 is 4.90 Å². The van der Waals surface area contributed by atoms with Crippen molar-refractivity contribution in [1.29, 1.82) is 0 Å². The number of hydrogen-bond donors (Lipinski definition) is 1. The van der Waals surface area contributed by atoms with E-state index in [0.717, 1.165) is 13.1 Å². The summed E-state index contributed by atoms with van der Waals surface area (Å²) in [6.07, 6.45) is 0. The van der Waals surface area contributed by atoms with Crippen molar-refractivity contribution < 1.29 is 0 Å². The maximum absolute atomic E-state index is 4.06.